The summed E-state index contributed by atoms with van der Waals surface area (Å²) >= 11 is 2.07. The summed E-state index contributed by atoms with van der Waals surface area (Å²) in [4.78, 5) is 2.15. The molecule has 0 aromatic carbocycles. The smallest absolute Gasteiger partial charge is 0.0593 e. The Hall–Kier alpha value is 0.230. The number of hydrogen-bond acceptors (Lipinski definition) is 4. The SMILES string of the molecule is CN(C)CCOCCNC1CSCCC1(C)C. The predicted octanol–water partition coefficient (Wildman–Crippen LogP) is 1.69. The minimum absolute atomic E-state index is 0.439. The van der Waals surface area contributed by atoms with E-state index in [1.165, 1.54) is 17.9 Å². The fraction of sp³-hybridized carbons (Fsp3) is 1.00. The van der Waals surface area contributed by atoms with E-state index in [1.807, 2.05) is 0 Å². The quantitative estimate of drug-likeness (QED) is 0.704. The molecule has 102 valence electrons. The average molecular weight is 260 g/mol. The Morgan fingerprint density at radius 3 is 2.76 bits per heavy atom. The summed E-state index contributed by atoms with van der Waals surface area (Å²) in [5.74, 6) is 2.55. The van der Waals surface area contributed by atoms with Crippen LogP contribution in [-0.4, -0.2) is 62.8 Å². The van der Waals surface area contributed by atoms with Gasteiger partial charge in [-0.05, 0) is 31.7 Å². The van der Waals surface area contributed by atoms with Crippen molar-refractivity contribution in [1.82, 2.24) is 10.2 Å². The van der Waals surface area contributed by atoms with Crippen molar-refractivity contribution >= 4 is 11.8 Å². The number of nitrogens with zero attached hydrogens (tertiary/aromatic N) is 1. The molecular formula is C13H28N2OS. The van der Waals surface area contributed by atoms with E-state index in [0.717, 1.165) is 26.3 Å². The van der Waals surface area contributed by atoms with Crippen LogP contribution in [0.3, 0.4) is 0 Å². The van der Waals surface area contributed by atoms with E-state index >= 15 is 0 Å². The molecule has 1 fully saturated rings. The van der Waals surface area contributed by atoms with Gasteiger partial charge in [0, 0.05) is 24.9 Å². The Morgan fingerprint density at radius 2 is 2.12 bits per heavy atom. The molecular weight excluding hydrogens is 232 g/mol. The van der Waals surface area contributed by atoms with Crippen LogP contribution in [0.5, 0.6) is 0 Å². The maximum atomic E-state index is 5.59. The molecule has 1 saturated heterocycles. The summed E-state index contributed by atoms with van der Waals surface area (Å²) in [6, 6.07) is 0.638. The summed E-state index contributed by atoms with van der Waals surface area (Å²) in [5, 5.41) is 3.64. The van der Waals surface area contributed by atoms with Crippen molar-refractivity contribution in [2.75, 3.05) is 51.9 Å². The minimum atomic E-state index is 0.439. The van der Waals surface area contributed by atoms with E-state index in [2.05, 4.69) is 49.9 Å². The van der Waals surface area contributed by atoms with Gasteiger partial charge in [0.15, 0.2) is 0 Å². The Morgan fingerprint density at radius 1 is 1.35 bits per heavy atom. The molecule has 1 atom stereocenters. The van der Waals surface area contributed by atoms with Crippen molar-refractivity contribution in [2.24, 2.45) is 5.41 Å². The first-order valence-electron chi connectivity index (χ1n) is 6.56. The maximum Gasteiger partial charge on any atom is 0.0593 e. The number of rotatable bonds is 7. The van der Waals surface area contributed by atoms with Crippen molar-refractivity contribution in [3.63, 3.8) is 0 Å². The van der Waals surface area contributed by atoms with Crippen LogP contribution in [0, 0.1) is 5.41 Å². The van der Waals surface area contributed by atoms with Gasteiger partial charge in [-0.15, -0.1) is 0 Å². The number of hydrogen-bond donors (Lipinski definition) is 1. The zero-order valence-corrected chi connectivity index (χ0v) is 12.6. The largest absolute Gasteiger partial charge is 0.379 e. The summed E-state index contributed by atoms with van der Waals surface area (Å²) < 4.78 is 5.59. The molecule has 1 unspecified atom stereocenters. The van der Waals surface area contributed by atoms with E-state index in [9.17, 15) is 0 Å². The van der Waals surface area contributed by atoms with E-state index < -0.39 is 0 Å². The van der Waals surface area contributed by atoms with Gasteiger partial charge in [0.2, 0.25) is 0 Å². The fourth-order valence-electron chi connectivity index (χ4n) is 1.93. The molecule has 0 bridgehead atoms. The van der Waals surface area contributed by atoms with Gasteiger partial charge >= 0.3 is 0 Å². The van der Waals surface area contributed by atoms with Gasteiger partial charge in [-0.25, -0.2) is 0 Å². The minimum Gasteiger partial charge on any atom is -0.379 e. The first kappa shape index (κ1) is 15.3. The Balaban J connectivity index is 2.05. The molecule has 1 heterocycles. The lowest BCUT2D eigenvalue weighted by atomic mass is 9.82. The molecule has 17 heavy (non-hydrogen) atoms. The number of thioether (sulfide) groups is 1. The highest BCUT2D eigenvalue weighted by Gasteiger charge is 2.31. The molecule has 0 spiro atoms. The molecule has 0 amide bonds. The van der Waals surface area contributed by atoms with Gasteiger partial charge in [0.25, 0.3) is 0 Å². The van der Waals surface area contributed by atoms with E-state index in [4.69, 9.17) is 4.74 Å². The Kier molecular flexibility index (Phi) is 6.85. The van der Waals surface area contributed by atoms with Crippen molar-refractivity contribution in [3.05, 3.63) is 0 Å². The Labute approximate surface area is 111 Å². The topological polar surface area (TPSA) is 24.5 Å². The van der Waals surface area contributed by atoms with Crippen LogP contribution in [-0.2, 0) is 4.74 Å². The second-order valence-electron chi connectivity index (χ2n) is 5.74. The third kappa shape index (κ3) is 6.09. The third-order valence-corrected chi connectivity index (χ3v) is 4.50. The molecule has 0 radical (unpaired) electrons. The molecule has 1 aliphatic heterocycles. The van der Waals surface area contributed by atoms with Crippen LogP contribution >= 0.6 is 11.8 Å². The van der Waals surface area contributed by atoms with Gasteiger partial charge in [-0.1, -0.05) is 13.8 Å². The zero-order chi connectivity index (χ0) is 12.7. The highest BCUT2D eigenvalue weighted by Crippen LogP contribution is 2.33. The predicted molar refractivity (Wildman–Crippen MR) is 76.9 cm³/mol. The monoisotopic (exact) mass is 260 g/mol. The van der Waals surface area contributed by atoms with Gasteiger partial charge in [-0.3, -0.25) is 0 Å². The molecule has 0 aliphatic carbocycles. The highest BCUT2D eigenvalue weighted by atomic mass is 32.2. The van der Waals surface area contributed by atoms with Gasteiger partial charge < -0.3 is 15.0 Å². The van der Waals surface area contributed by atoms with E-state index in [1.54, 1.807) is 0 Å². The molecule has 1 N–H and O–H groups in total. The van der Waals surface area contributed by atoms with Gasteiger partial charge in [0.05, 0.1) is 13.2 Å². The molecule has 0 aromatic rings. The van der Waals surface area contributed by atoms with Gasteiger partial charge in [0.1, 0.15) is 0 Å². The van der Waals surface area contributed by atoms with Crippen molar-refractivity contribution in [1.29, 1.82) is 0 Å². The van der Waals surface area contributed by atoms with Crippen LogP contribution in [0.2, 0.25) is 0 Å². The summed E-state index contributed by atoms with van der Waals surface area (Å²) in [6.07, 6.45) is 1.32. The van der Waals surface area contributed by atoms with Crippen molar-refractivity contribution in [2.45, 2.75) is 26.3 Å². The second kappa shape index (κ2) is 7.62. The van der Waals surface area contributed by atoms with Crippen LogP contribution in [0.25, 0.3) is 0 Å². The third-order valence-electron chi connectivity index (χ3n) is 3.44. The Bertz CT molecular complexity index is 210. The van der Waals surface area contributed by atoms with Crippen LogP contribution in [0.4, 0.5) is 0 Å². The number of ether oxygens (including phenoxy) is 1. The molecule has 3 nitrogen and oxygen atoms in total. The standard InChI is InChI=1S/C13H28N2OS/c1-13(2)5-10-17-11-12(13)14-6-8-16-9-7-15(3)4/h12,14H,5-11H2,1-4H3. The molecule has 0 aromatic heterocycles. The lowest BCUT2D eigenvalue weighted by molar-refractivity contribution is 0.113. The fourth-order valence-corrected chi connectivity index (χ4v) is 3.57. The molecule has 0 saturated carbocycles. The van der Waals surface area contributed by atoms with Crippen LogP contribution < -0.4 is 5.32 Å². The van der Waals surface area contributed by atoms with Crippen LogP contribution in [0.15, 0.2) is 0 Å². The van der Waals surface area contributed by atoms with Crippen molar-refractivity contribution in [3.8, 4) is 0 Å². The highest BCUT2D eigenvalue weighted by molar-refractivity contribution is 7.99. The maximum absolute atomic E-state index is 5.59. The summed E-state index contributed by atoms with van der Waals surface area (Å²) in [5.41, 5.74) is 0.439. The number of nitrogens with one attached hydrogen (secondary N) is 1. The van der Waals surface area contributed by atoms with E-state index in [-0.39, 0.29) is 0 Å². The van der Waals surface area contributed by atoms with Crippen LogP contribution in [0.1, 0.15) is 20.3 Å². The van der Waals surface area contributed by atoms with Crippen molar-refractivity contribution < 1.29 is 4.74 Å². The molecule has 4 heteroatoms. The summed E-state index contributed by atoms with van der Waals surface area (Å²) in [7, 11) is 4.15. The van der Waals surface area contributed by atoms with E-state index in [0.29, 0.717) is 11.5 Å². The summed E-state index contributed by atoms with van der Waals surface area (Å²) in [6.45, 7) is 8.38. The first-order valence-corrected chi connectivity index (χ1v) is 7.71. The lowest BCUT2D eigenvalue weighted by Gasteiger charge is -2.38. The number of likely N-dealkylation sites (N-methyl/N-ethyl adjacent to an activating group) is 1. The van der Waals surface area contributed by atoms with Gasteiger partial charge in [-0.2, -0.15) is 11.8 Å². The first-order chi connectivity index (χ1) is 8.02. The lowest BCUT2D eigenvalue weighted by Crippen LogP contribution is -2.47. The normalized spacial score (nSPS) is 24.2. The zero-order valence-electron chi connectivity index (χ0n) is 11.8. The molecule has 1 rings (SSSR count). The molecule has 1 aliphatic rings. The second-order valence-corrected chi connectivity index (χ2v) is 6.89. The average Bonchev–Trinajstić information content (AvgIpc) is 2.24.